The van der Waals surface area contributed by atoms with Crippen LogP contribution in [0.1, 0.15) is 16.1 Å². The van der Waals surface area contributed by atoms with Crippen LogP contribution in [0.15, 0.2) is 46.2 Å². The van der Waals surface area contributed by atoms with Crippen LogP contribution in [0, 0.1) is 6.92 Å². The molecule has 1 aromatic carbocycles. The fourth-order valence-corrected chi connectivity index (χ4v) is 3.14. The van der Waals surface area contributed by atoms with E-state index in [-0.39, 0.29) is 10.6 Å². The van der Waals surface area contributed by atoms with Gasteiger partial charge in [0.2, 0.25) is 0 Å². The Balaban J connectivity index is 2.15. The molecule has 0 aliphatic heterocycles. The molecule has 0 spiro atoms. The van der Waals surface area contributed by atoms with E-state index >= 15 is 0 Å². The topological polar surface area (TPSA) is 101 Å². The number of nitrogens with zero attached hydrogens (tertiary/aromatic N) is 2. The molecule has 0 atom stereocenters. The number of hydrazine groups is 1. The van der Waals surface area contributed by atoms with E-state index in [9.17, 15) is 13.2 Å². The number of sulfonamides is 1. The number of nitrogens with one attached hydrogen (secondary N) is 2. The van der Waals surface area contributed by atoms with Gasteiger partial charge in [0.25, 0.3) is 15.9 Å². The van der Waals surface area contributed by atoms with Crippen LogP contribution in [-0.4, -0.2) is 24.3 Å². The zero-order valence-corrected chi connectivity index (χ0v) is 13.3. The SMILES string of the molecule is Cc1ccc(Br)cc1S(=O)(=O)NNC(=O)c1cnccn1. The summed E-state index contributed by atoms with van der Waals surface area (Å²) in [4.78, 5) is 21.3. The third kappa shape index (κ3) is 3.84. The van der Waals surface area contributed by atoms with Gasteiger partial charge in [-0.3, -0.25) is 15.2 Å². The van der Waals surface area contributed by atoms with E-state index in [0.29, 0.717) is 10.0 Å². The van der Waals surface area contributed by atoms with E-state index in [4.69, 9.17) is 0 Å². The molecule has 9 heteroatoms. The number of benzene rings is 1. The lowest BCUT2D eigenvalue weighted by Gasteiger charge is -2.10. The highest BCUT2D eigenvalue weighted by Gasteiger charge is 2.18. The van der Waals surface area contributed by atoms with Crippen molar-refractivity contribution in [3.63, 3.8) is 0 Å². The first-order valence-electron chi connectivity index (χ1n) is 5.74. The smallest absolute Gasteiger partial charge is 0.272 e. The number of aromatic nitrogens is 2. The molecule has 1 heterocycles. The summed E-state index contributed by atoms with van der Waals surface area (Å²) in [6, 6.07) is 4.84. The van der Waals surface area contributed by atoms with Gasteiger partial charge >= 0.3 is 0 Å². The van der Waals surface area contributed by atoms with Crippen LogP contribution in [-0.2, 0) is 10.0 Å². The Morgan fingerprint density at radius 2 is 2.05 bits per heavy atom. The summed E-state index contributed by atoms with van der Waals surface area (Å²) in [5.74, 6) is -0.695. The van der Waals surface area contributed by atoms with Gasteiger partial charge in [-0.05, 0) is 24.6 Å². The summed E-state index contributed by atoms with van der Waals surface area (Å²) in [6.45, 7) is 1.66. The molecule has 0 aliphatic rings. The summed E-state index contributed by atoms with van der Waals surface area (Å²) in [5.41, 5.74) is 2.65. The van der Waals surface area contributed by atoms with Crippen molar-refractivity contribution in [2.45, 2.75) is 11.8 Å². The Labute approximate surface area is 130 Å². The summed E-state index contributed by atoms with van der Waals surface area (Å²) in [5, 5.41) is 0. The fraction of sp³-hybridized carbons (Fsp3) is 0.0833. The summed E-state index contributed by atoms with van der Waals surface area (Å²) >= 11 is 3.21. The maximum atomic E-state index is 12.2. The molecule has 0 unspecified atom stereocenters. The van der Waals surface area contributed by atoms with Crippen molar-refractivity contribution in [1.82, 2.24) is 20.2 Å². The number of aryl methyl sites for hydroxylation is 1. The molecule has 0 saturated heterocycles. The van der Waals surface area contributed by atoms with Gasteiger partial charge in [-0.1, -0.05) is 22.0 Å². The van der Waals surface area contributed by atoms with Gasteiger partial charge in [0.15, 0.2) is 0 Å². The maximum absolute atomic E-state index is 12.2. The molecular formula is C12H11BrN4O3S. The Bertz CT molecular complexity index is 765. The minimum absolute atomic E-state index is 0.00571. The molecule has 1 amide bonds. The Kier molecular flexibility index (Phi) is 4.66. The number of rotatable bonds is 4. The van der Waals surface area contributed by atoms with Crippen LogP contribution in [0.4, 0.5) is 0 Å². The summed E-state index contributed by atoms with van der Waals surface area (Å²) in [7, 11) is -3.88. The first-order chi connectivity index (χ1) is 9.90. The molecular weight excluding hydrogens is 360 g/mol. The lowest BCUT2D eigenvalue weighted by molar-refractivity contribution is 0.0939. The average Bonchev–Trinajstić information content (AvgIpc) is 2.48. The third-order valence-corrected chi connectivity index (χ3v) is 4.42. The first-order valence-corrected chi connectivity index (χ1v) is 8.02. The van der Waals surface area contributed by atoms with Crippen LogP contribution in [0.25, 0.3) is 0 Å². The van der Waals surface area contributed by atoms with Gasteiger partial charge in [-0.15, -0.1) is 4.83 Å². The molecule has 0 bridgehead atoms. The normalized spacial score (nSPS) is 11.1. The Hall–Kier alpha value is -1.84. The predicted molar refractivity (Wildman–Crippen MR) is 78.7 cm³/mol. The number of hydrogen-bond acceptors (Lipinski definition) is 5. The van der Waals surface area contributed by atoms with E-state index in [1.165, 1.54) is 24.7 Å². The molecule has 21 heavy (non-hydrogen) atoms. The van der Waals surface area contributed by atoms with E-state index in [0.717, 1.165) is 0 Å². The molecule has 0 radical (unpaired) electrons. The van der Waals surface area contributed by atoms with Gasteiger partial charge < -0.3 is 0 Å². The standard InChI is InChI=1S/C12H11BrN4O3S/c1-8-2-3-9(13)6-11(8)21(19,20)17-16-12(18)10-7-14-4-5-15-10/h2-7,17H,1H3,(H,16,18). The highest BCUT2D eigenvalue weighted by molar-refractivity contribution is 9.10. The quantitative estimate of drug-likeness (QED) is 0.786. The molecule has 2 rings (SSSR count). The molecule has 110 valence electrons. The van der Waals surface area contributed by atoms with Crippen LogP contribution in [0.2, 0.25) is 0 Å². The van der Waals surface area contributed by atoms with Gasteiger partial charge in [0.05, 0.1) is 11.1 Å². The van der Waals surface area contributed by atoms with Crippen molar-refractivity contribution >= 4 is 31.9 Å². The lowest BCUT2D eigenvalue weighted by atomic mass is 10.2. The fourth-order valence-electron chi connectivity index (χ4n) is 1.51. The van der Waals surface area contributed by atoms with E-state index in [1.54, 1.807) is 19.1 Å². The third-order valence-electron chi connectivity index (χ3n) is 2.53. The highest BCUT2D eigenvalue weighted by atomic mass is 79.9. The monoisotopic (exact) mass is 370 g/mol. The molecule has 2 aromatic rings. The van der Waals surface area contributed by atoms with Crippen molar-refractivity contribution in [2.75, 3.05) is 0 Å². The van der Waals surface area contributed by atoms with Crippen molar-refractivity contribution in [2.24, 2.45) is 0 Å². The minimum atomic E-state index is -3.88. The maximum Gasteiger partial charge on any atom is 0.286 e. The van der Waals surface area contributed by atoms with Crippen LogP contribution >= 0.6 is 15.9 Å². The summed E-state index contributed by atoms with van der Waals surface area (Å²) < 4.78 is 24.9. The minimum Gasteiger partial charge on any atom is -0.272 e. The van der Waals surface area contributed by atoms with Gasteiger partial charge in [-0.25, -0.2) is 13.4 Å². The molecule has 1 aromatic heterocycles. The number of carbonyl (C=O) groups is 1. The molecule has 0 aliphatic carbocycles. The zero-order valence-electron chi connectivity index (χ0n) is 10.9. The number of amides is 1. The largest absolute Gasteiger partial charge is 0.286 e. The van der Waals surface area contributed by atoms with Crippen molar-refractivity contribution in [3.05, 3.63) is 52.5 Å². The van der Waals surface area contributed by atoms with Gasteiger partial charge in [-0.2, -0.15) is 0 Å². The zero-order chi connectivity index (χ0) is 15.5. The predicted octanol–water partition coefficient (Wildman–Crippen LogP) is 1.17. The van der Waals surface area contributed by atoms with Crippen LogP contribution in [0.3, 0.4) is 0 Å². The number of carbonyl (C=O) groups excluding carboxylic acids is 1. The number of hydrogen-bond donors (Lipinski definition) is 2. The highest BCUT2D eigenvalue weighted by Crippen LogP contribution is 2.19. The van der Waals surface area contributed by atoms with Gasteiger partial charge in [0, 0.05) is 16.9 Å². The molecule has 2 N–H and O–H groups in total. The summed E-state index contributed by atoms with van der Waals surface area (Å²) in [6.07, 6.45) is 3.97. The van der Waals surface area contributed by atoms with Crippen LogP contribution in [0.5, 0.6) is 0 Å². The van der Waals surface area contributed by atoms with Crippen molar-refractivity contribution < 1.29 is 13.2 Å². The average molecular weight is 371 g/mol. The van der Waals surface area contributed by atoms with E-state index < -0.39 is 15.9 Å². The Morgan fingerprint density at radius 3 is 2.71 bits per heavy atom. The molecule has 0 saturated carbocycles. The second kappa shape index (κ2) is 6.29. The lowest BCUT2D eigenvalue weighted by Crippen LogP contribution is -2.42. The molecule has 7 nitrogen and oxygen atoms in total. The van der Waals surface area contributed by atoms with E-state index in [2.05, 4.69) is 31.3 Å². The van der Waals surface area contributed by atoms with E-state index in [1.807, 2.05) is 4.83 Å². The van der Waals surface area contributed by atoms with Gasteiger partial charge in [0.1, 0.15) is 5.69 Å². The second-order valence-electron chi connectivity index (χ2n) is 4.06. The number of halogens is 1. The molecule has 0 fully saturated rings. The second-order valence-corrected chi connectivity index (χ2v) is 6.63. The van der Waals surface area contributed by atoms with Crippen molar-refractivity contribution in [3.8, 4) is 0 Å². The Morgan fingerprint density at radius 1 is 1.29 bits per heavy atom. The first kappa shape index (κ1) is 15.5. The van der Waals surface area contributed by atoms with Crippen LogP contribution < -0.4 is 10.3 Å². The van der Waals surface area contributed by atoms with Crippen molar-refractivity contribution in [1.29, 1.82) is 0 Å².